The topological polar surface area (TPSA) is 59.1 Å². The van der Waals surface area contributed by atoms with Gasteiger partial charge in [-0.2, -0.15) is 10.2 Å². The highest BCUT2D eigenvalue weighted by Crippen LogP contribution is 2.24. The van der Waals surface area contributed by atoms with Crippen LogP contribution in [-0.4, -0.2) is 36.1 Å². The standard InChI is InChI=1S/C18H19ClFN5O/c1-23-17(4-5-21-23)18(26)16-9-13-11-24(6-7-25(13)22-16)10-12-2-3-15(20)14(19)8-12/h2-5,8-9,18,26H,6-7,10-11H2,1H3/t18-/m1/s1. The maximum atomic E-state index is 13.3. The molecule has 1 aromatic carbocycles. The lowest BCUT2D eigenvalue weighted by atomic mass is 10.1. The van der Waals surface area contributed by atoms with Gasteiger partial charge in [0, 0.05) is 32.9 Å². The molecule has 0 saturated carbocycles. The van der Waals surface area contributed by atoms with Crippen molar-refractivity contribution in [3.05, 3.63) is 70.0 Å². The lowest BCUT2D eigenvalue weighted by molar-refractivity contribution is 0.196. The third kappa shape index (κ3) is 3.25. The third-order valence-corrected chi connectivity index (χ3v) is 4.99. The van der Waals surface area contributed by atoms with E-state index in [1.807, 2.05) is 10.7 Å². The summed E-state index contributed by atoms with van der Waals surface area (Å²) in [5.74, 6) is -0.402. The molecule has 2 aromatic heterocycles. The Kier molecular flexibility index (Phi) is 4.52. The van der Waals surface area contributed by atoms with Gasteiger partial charge in [-0.1, -0.05) is 17.7 Å². The van der Waals surface area contributed by atoms with Crippen molar-refractivity contribution in [2.24, 2.45) is 7.05 Å². The molecule has 6 nitrogen and oxygen atoms in total. The van der Waals surface area contributed by atoms with E-state index in [1.165, 1.54) is 6.07 Å². The van der Waals surface area contributed by atoms with Crippen molar-refractivity contribution in [1.29, 1.82) is 0 Å². The van der Waals surface area contributed by atoms with Crippen LogP contribution in [0.25, 0.3) is 0 Å². The Balaban J connectivity index is 1.49. The van der Waals surface area contributed by atoms with Crippen molar-refractivity contribution in [1.82, 2.24) is 24.5 Å². The molecule has 3 heterocycles. The van der Waals surface area contributed by atoms with Gasteiger partial charge in [-0.3, -0.25) is 14.3 Å². The Labute approximate surface area is 155 Å². The summed E-state index contributed by atoms with van der Waals surface area (Å²) in [6.07, 6.45) is 0.856. The summed E-state index contributed by atoms with van der Waals surface area (Å²) in [4.78, 5) is 2.25. The fraction of sp³-hybridized carbons (Fsp3) is 0.333. The van der Waals surface area contributed by atoms with E-state index in [1.54, 1.807) is 36.1 Å². The summed E-state index contributed by atoms with van der Waals surface area (Å²) >= 11 is 5.87. The Bertz CT molecular complexity index is 938. The predicted octanol–water partition coefficient (Wildman–Crippen LogP) is 2.51. The minimum Gasteiger partial charge on any atom is -0.380 e. The molecule has 0 spiro atoms. The van der Waals surface area contributed by atoms with Gasteiger partial charge in [-0.05, 0) is 29.8 Å². The second-order valence-electron chi connectivity index (χ2n) is 6.53. The van der Waals surface area contributed by atoms with E-state index < -0.39 is 11.9 Å². The number of fused-ring (bicyclic) bond motifs is 1. The number of aliphatic hydroxyl groups is 1. The summed E-state index contributed by atoms with van der Waals surface area (Å²) in [5.41, 5.74) is 3.34. The van der Waals surface area contributed by atoms with Crippen LogP contribution < -0.4 is 0 Å². The molecule has 0 bridgehead atoms. The van der Waals surface area contributed by atoms with Crippen molar-refractivity contribution in [3.8, 4) is 0 Å². The molecule has 136 valence electrons. The molecule has 26 heavy (non-hydrogen) atoms. The predicted molar refractivity (Wildman–Crippen MR) is 95.0 cm³/mol. The number of aliphatic hydroxyl groups excluding tert-OH is 1. The Hall–Kier alpha value is -2.22. The second kappa shape index (κ2) is 6.83. The summed E-state index contributed by atoms with van der Waals surface area (Å²) in [6.45, 7) is 2.96. The molecule has 0 amide bonds. The average Bonchev–Trinajstić information content (AvgIpc) is 3.23. The molecule has 3 aromatic rings. The molecule has 8 heteroatoms. The molecular weight excluding hydrogens is 357 g/mol. The molecule has 0 fully saturated rings. The highest BCUT2D eigenvalue weighted by atomic mass is 35.5. The van der Waals surface area contributed by atoms with Crippen LogP contribution in [0.5, 0.6) is 0 Å². The number of aryl methyl sites for hydroxylation is 1. The first-order valence-electron chi connectivity index (χ1n) is 8.40. The number of nitrogens with zero attached hydrogens (tertiary/aromatic N) is 5. The van der Waals surface area contributed by atoms with Crippen LogP contribution in [0.1, 0.15) is 28.7 Å². The Morgan fingerprint density at radius 3 is 2.85 bits per heavy atom. The van der Waals surface area contributed by atoms with E-state index in [9.17, 15) is 9.50 Å². The minimum absolute atomic E-state index is 0.145. The number of halogens is 2. The van der Waals surface area contributed by atoms with Gasteiger partial charge in [-0.25, -0.2) is 4.39 Å². The first kappa shape index (κ1) is 17.2. The molecular formula is C18H19ClFN5O. The van der Waals surface area contributed by atoms with E-state index in [4.69, 9.17) is 11.6 Å². The molecule has 0 unspecified atom stereocenters. The number of benzene rings is 1. The van der Waals surface area contributed by atoms with E-state index in [-0.39, 0.29) is 5.02 Å². The zero-order chi connectivity index (χ0) is 18.3. The molecule has 0 saturated heterocycles. The molecule has 0 aliphatic carbocycles. The molecule has 1 atom stereocenters. The van der Waals surface area contributed by atoms with E-state index >= 15 is 0 Å². The quantitative estimate of drug-likeness (QED) is 0.761. The Morgan fingerprint density at radius 1 is 1.27 bits per heavy atom. The lowest BCUT2D eigenvalue weighted by Crippen LogP contribution is -2.33. The zero-order valence-electron chi connectivity index (χ0n) is 14.3. The normalized spacial score (nSPS) is 15.8. The third-order valence-electron chi connectivity index (χ3n) is 4.71. The van der Waals surface area contributed by atoms with E-state index in [0.29, 0.717) is 24.5 Å². The first-order chi connectivity index (χ1) is 12.5. The van der Waals surface area contributed by atoms with Crippen molar-refractivity contribution in [3.63, 3.8) is 0 Å². The highest BCUT2D eigenvalue weighted by Gasteiger charge is 2.23. The molecule has 1 N–H and O–H groups in total. The number of hydrogen-bond acceptors (Lipinski definition) is 4. The SMILES string of the molecule is Cn1nccc1[C@H](O)c1cc2n(n1)CCN(Cc1ccc(F)c(Cl)c1)C2. The van der Waals surface area contributed by atoms with Gasteiger partial charge < -0.3 is 5.11 Å². The number of hydrogen-bond donors (Lipinski definition) is 1. The summed E-state index contributed by atoms with van der Waals surface area (Å²) in [6, 6.07) is 8.54. The number of aromatic nitrogens is 4. The summed E-state index contributed by atoms with van der Waals surface area (Å²) in [5, 5.41) is 19.3. The summed E-state index contributed by atoms with van der Waals surface area (Å²) < 4.78 is 16.9. The zero-order valence-corrected chi connectivity index (χ0v) is 15.1. The highest BCUT2D eigenvalue weighted by molar-refractivity contribution is 6.30. The largest absolute Gasteiger partial charge is 0.380 e. The fourth-order valence-electron chi connectivity index (χ4n) is 3.31. The van der Waals surface area contributed by atoms with Crippen LogP contribution in [0.3, 0.4) is 0 Å². The first-order valence-corrected chi connectivity index (χ1v) is 8.78. The maximum Gasteiger partial charge on any atom is 0.141 e. The van der Waals surface area contributed by atoms with Gasteiger partial charge in [0.2, 0.25) is 0 Å². The van der Waals surface area contributed by atoms with Gasteiger partial charge in [0.15, 0.2) is 0 Å². The van der Waals surface area contributed by atoms with E-state index in [2.05, 4.69) is 15.1 Å². The van der Waals surface area contributed by atoms with Gasteiger partial charge in [0.25, 0.3) is 0 Å². The van der Waals surface area contributed by atoms with Crippen LogP contribution >= 0.6 is 11.6 Å². The maximum absolute atomic E-state index is 13.3. The number of rotatable bonds is 4. The van der Waals surface area contributed by atoms with Gasteiger partial charge in [-0.15, -0.1) is 0 Å². The van der Waals surface area contributed by atoms with Crippen LogP contribution in [-0.2, 0) is 26.7 Å². The van der Waals surface area contributed by atoms with Gasteiger partial charge in [0.05, 0.1) is 28.6 Å². The van der Waals surface area contributed by atoms with Crippen LogP contribution in [0.4, 0.5) is 4.39 Å². The van der Waals surface area contributed by atoms with Crippen molar-refractivity contribution in [2.45, 2.75) is 25.7 Å². The Morgan fingerprint density at radius 2 is 2.12 bits per heavy atom. The molecule has 0 radical (unpaired) electrons. The molecule has 4 rings (SSSR count). The average molecular weight is 376 g/mol. The van der Waals surface area contributed by atoms with Crippen LogP contribution in [0.2, 0.25) is 5.02 Å². The van der Waals surface area contributed by atoms with Gasteiger partial charge >= 0.3 is 0 Å². The van der Waals surface area contributed by atoms with Crippen molar-refractivity contribution >= 4 is 11.6 Å². The monoisotopic (exact) mass is 375 g/mol. The smallest absolute Gasteiger partial charge is 0.141 e. The van der Waals surface area contributed by atoms with Crippen LogP contribution in [0.15, 0.2) is 36.5 Å². The minimum atomic E-state index is -0.801. The fourth-order valence-corrected chi connectivity index (χ4v) is 3.51. The van der Waals surface area contributed by atoms with Gasteiger partial charge in [0.1, 0.15) is 11.9 Å². The van der Waals surface area contributed by atoms with Crippen LogP contribution in [0, 0.1) is 5.82 Å². The van der Waals surface area contributed by atoms with E-state index in [0.717, 1.165) is 24.3 Å². The van der Waals surface area contributed by atoms with Crippen molar-refractivity contribution < 1.29 is 9.50 Å². The lowest BCUT2D eigenvalue weighted by Gasteiger charge is -2.27. The molecule has 1 aliphatic heterocycles. The summed E-state index contributed by atoms with van der Waals surface area (Å²) in [7, 11) is 1.80. The molecule has 1 aliphatic rings. The second-order valence-corrected chi connectivity index (χ2v) is 6.93. The van der Waals surface area contributed by atoms with Crippen molar-refractivity contribution in [2.75, 3.05) is 6.54 Å².